The highest BCUT2D eigenvalue weighted by Gasteiger charge is 2.31. The Morgan fingerprint density at radius 1 is 1.40 bits per heavy atom. The summed E-state index contributed by atoms with van der Waals surface area (Å²) >= 11 is 0. The molecule has 0 radical (unpaired) electrons. The molecule has 1 saturated carbocycles. The van der Waals surface area contributed by atoms with Gasteiger partial charge in [0, 0.05) is 25.8 Å². The van der Waals surface area contributed by atoms with Gasteiger partial charge in [-0.3, -0.25) is 0 Å². The van der Waals surface area contributed by atoms with Gasteiger partial charge in [-0.1, -0.05) is 13.3 Å². The monoisotopic (exact) mass is 215 g/mol. The summed E-state index contributed by atoms with van der Waals surface area (Å²) in [7, 11) is 1.72. The molecule has 0 aliphatic heterocycles. The lowest BCUT2D eigenvalue weighted by Gasteiger charge is -2.24. The normalized spacial score (nSPS) is 20.2. The fourth-order valence-corrected chi connectivity index (χ4v) is 2.14. The molecule has 1 aliphatic carbocycles. The van der Waals surface area contributed by atoms with Crippen LogP contribution in [0.25, 0.3) is 0 Å². The number of nitrogens with one attached hydrogen (secondary N) is 1. The van der Waals surface area contributed by atoms with E-state index in [9.17, 15) is 0 Å². The van der Waals surface area contributed by atoms with Crippen LogP contribution in [0.3, 0.4) is 0 Å². The van der Waals surface area contributed by atoms with Gasteiger partial charge in [-0.25, -0.2) is 0 Å². The van der Waals surface area contributed by atoms with E-state index in [1.807, 2.05) is 0 Å². The van der Waals surface area contributed by atoms with Crippen molar-refractivity contribution >= 4 is 0 Å². The third-order valence-corrected chi connectivity index (χ3v) is 3.09. The molecule has 0 heterocycles. The Hall–Kier alpha value is -0.120. The van der Waals surface area contributed by atoms with E-state index in [0.717, 1.165) is 12.3 Å². The van der Waals surface area contributed by atoms with Gasteiger partial charge in [0.25, 0.3) is 0 Å². The number of hydrogen-bond donors (Lipinski definition) is 2. The Kier molecular flexibility index (Phi) is 6.22. The second-order valence-corrected chi connectivity index (χ2v) is 4.56. The molecule has 15 heavy (non-hydrogen) atoms. The van der Waals surface area contributed by atoms with Crippen LogP contribution >= 0.6 is 0 Å². The van der Waals surface area contributed by atoms with Gasteiger partial charge in [0.05, 0.1) is 6.61 Å². The highest BCUT2D eigenvalue weighted by molar-refractivity contribution is 4.88. The number of hydrogen-bond acceptors (Lipinski definition) is 3. The molecule has 90 valence electrons. The summed E-state index contributed by atoms with van der Waals surface area (Å²) in [4.78, 5) is 0. The largest absolute Gasteiger partial charge is 0.396 e. The summed E-state index contributed by atoms with van der Waals surface area (Å²) in [5, 5.41) is 12.6. The number of rotatable bonds is 9. The lowest BCUT2D eigenvalue weighted by Crippen LogP contribution is -2.42. The smallest absolute Gasteiger partial charge is 0.0616 e. The highest BCUT2D eigenvalue weighted by Crippen LogP contribution is 2.34. The number of ether oxygens (including phenoxy) is 1. The number of methoxy groups -OCH3 is 1. The molecule has 2 atom stereocenters. The van der Waals surface area contributed by atoms with Crippen molar-refractivity contribution in [1.82, 2.24) is 5.32 Å². The zero-order valence-corrected chi connectivity index (χ0v) is 10.0. The molecule has 1 aliphatic rings. The minimum atomic E-state index is 0.241. The van der Waals surface area contributed by atoms with Crippen molar-refractivity contribution in [3.05, 3.63) is 0 Å². The highest BCUT2D eigenvalue weighted by atomic mass is 16.5. The summed E-state index contributed by atoms with van der Waals surface area (Å²) in [6.07, 6.45) is 6.01. The third kappa shape index (κ3) is 4.96. The fourth-order valence-electron chi connectivity index (χ4n) is 2.14. The van der Waals surface area contributed by atoms with Crippen LogP contribution in [-0.4, -0.2) is 37.5 Å². The quantitative estimate of drug-likeness (QED) is 0.613. The van der Waals surface area contributed by atoms with Crippen LogP contribution in [0.1, 0.15) is 39.0 Å². The zero-order valence-electron chi connectivity index (χ0n) is 10.0. The molecule has 0 saturated heterocycles. The Bertz CT molecular complexity index is 154. The molecule has 3 heteroatoms. The molecular weight excluding hydrogens is 190 g/mol. The van der Waals surface area contributed by atoms with Crippen molar-refractivity contribution in [3.63, 3.8) is 0 Å². The molecule has 3 nitrogen and oxygen atoms in total. The van der Waals surface area contributed by atoms with Crippen LogP contribution in [0.2, 0.25) is 0 Å². The van der Waals surface area contributed by atoms with E-state index in [2.05, 4.69) is 12.2 Å². The molecular formula is C12H25NO2. The minimum Gasteiger partial charge on any atom is -0.396 e. The van der Waals surface area contributed by atoms with Gasteiger partial charge in [-0.05, 0) is 31.6 Å². The van der Waals surface area contributed by atoms with E-state index in [4.69, 9.17) is 9.84 Å². The molecule has 0 aromatic carbocycles. The SMILES string of the molecule is CCCC(NC(CCO)COC)C1CC1. The molecule has 1 fully saturated rings. The topological polar surface area (TPSA) is 41.5 Å². The third-order valence-electron chi connectivity index (χ3n) is 3.09. The first-order valence-electron chi connectivity index (χ1n) is 6.17. The van der Waals surface area contributed by atoms with Gasteiger partial charge < -0.3 is 15.2 Å². The lowest BCUT2D eigenvalue weighted by molar-refractivity contribution is 0.139. The molecule has 2 unspecified atom stereocenters. The predicted octanol–water partition coefficient (Wildman–Crippen LogP) is 1.55. The van der Waals surface area contributed by atoms with Crippen molar-refractivity contribution in [3.8, 4) is 0 Å². The first-order valence-corrected chi connectivity index (χ1v) is 6.17. The average molecular weight is 215 g/mol. The van der Waals surface area contributed by atoms with Gasteiger partial charge in [0.15, 0.2) is 0 Å². The van der Waals surface area contributed by atoms with Crippen molar-refractivity contribution < 1.29 is 9.84 Å². The standard InChI is InChI=1S/C12H25NO2/c1-3-4-12(10-5-6-10)13-11(7-8-14)9-15-2/h10-14H,3-9H2,1-2H3. The van der Waals surface area contributed by atoms with E-state index in [-0.39, 0.29) is 6.61 Å². The van der Waals surface area contributed by atoms with Crippen LogP contribution in [0.15, 0.2) is 0 Å². The average Bonchev–Trinajstić information content (AvgIpc) is 3.01. The van der Waals surface area contributed by atoms with E-state index in [0.29, 0.717) is 18.7 Å². The van der Waals surface area contributed by atoms with E-state index < -0.39 is 0 Å². The summed E-state index contributed by atoms with van der Waals surface area (Å²) in [6, 6.07) is 0.957. The van der Waals surface area contributed by atoms with Crippen molar-refractivity contribution in [2.45, 2.75) is 51.1 Å². The molecule has 1 rings (SSSR count). The summed E-state index contributed by atoms with van der Waals surface area (Å²) < 4.78 is 5.16. The Balaban J connectivity index is 2.30. The molecule has 0 aromatic rings. The zero-order chi connectivity index (χ0) is 11.1. The maximum absolute atomic E-state index is 8.96. The Morgan fingerprint density at radius 2 is 2.13 bits per heavy atom. The van der Waals surface area contributed by atoms with E-state index in [1.54, 1.807) is 7.11 Å². The molecule has 2 N–H and O–H groups in total. The van der Waals surface area contributed by atoms with Crippen LogP contribution < -0.4 is 5.32 Å². The van der Waals surface area contributed by atoms with Crippen LogP contribution in [-0.2, 0) is 4.74 Å². The maximum atomic E-state index is 8.96. The first kappa shape index (κ1) is 12.9. The van der Waals surface area contributed by atoms with E-state index >= 15 is 0 Å². The first-order chi connectivity index (χ1) is 7.31. The Labute approximate surface area is 93.2 Å². The maximum Gasteiger partial charge on any atom is 0.0616 e. The van der Waals surface area contributed by atoms with Crippen molar-refractivity contribution in [1.29, 1.82) is 0 Å². The van der Waals surface area contributed by atoms with Gasteiger partial charge in [-0.15, -0.1) is 0 Å². The molecule has 0 amide bonds. The summed E-state index contributed by atoms with van der Waals surface area (Å²) in [5.41, 5.74) is 0. The second kappa shape index (κ2) is 7.20. The van der Waals surface area contributed by atoms with Gasteiger partial charge in [0.1, 0.15) is 0 Å². The van der Waals surface area contributed by atoms with Gasteiger partial charge in [-0.2, -0.15) is 0 Å². The molecule has 0 aromatic heterocycles. The summed E-state index contributed by atoms with van der Waals surface area (Å²) in [5.74, 6) is 0.878. The molecule has 0 spiro atoms. The number of aliphatic hydroxyl groups excluding tert-OH is 1. The van der Waals surface area contributed by atoms with Gasteiger partial charge in [0.2, 0.25) is 0 Å². The van der Waals surface area contributed by atoms with Gasteiger partial charge >= 0.3 is 0 Å². The minimum absolute atomic E-state index is 0.241. The van der Waals surface area contributed by atoms with Crippen LogP contribution in [0.5, 0.6) is 0 Å². The lowest BCUT2D eigenvalue weighted by atomic mass is 10.1. The number of aliphatic hydroxyl groups is 1. The summed E-state index contributed by atoms with van der Waals surface area (Å²) in [6.45, 7) is 3.17. The van der Waals surface area contributed by atoms with Crippen LogP contribution in [0, 0.1) is 5.92 Å². The molecule has 0 bridgehead atoms. The fraction of sp³-hybridized carbons (Fsp3) is 1.00. The van der Waals surface area contributed by atoms with Crippen molar-refractivity contribution in [2.75, 3.05) is 20.3 Å². The second-order valence-electron chi connectivity index (χ2n) is 4.56. The van der Waals surface area contributed by atoms with Crippen molar-refractivity contribution in [2.24, 2.45) is 5.92 Å². The Morgan fingerprint density at radius 3 is 2.60 bits per heavy atom. The predicted molar refractivity (Wildman–Crippen MR) is 61.9 cm³/mol. The van der Waals surface area contributed by atoms with E-state index in [1.165, 1.54) is 25.7 Å². The van der Waals surface area contributed by atoms with Crippen LogP contribution in [0.4, 0.5) is 0 Å².